The van der Waals surface area contributed by atoms with Gasteiger partial charge >= 0.3 is 0 Å². The van der Waals surface area contributed by atoms with Crippen molar-refractivity contribution in [3.63, 3.8) is 0 Å². The second-order valence-corrected chi connectivity index (χ2v) is 6.62. The summed E-state index contributed by atoms with van der Waals surface area (Å²) in [6, 6.07) is 23.5. The summed E-state index contributed by atoms with van der Waals surface area (Å²) < 4.78 is 0. The van der Waals surface area contributed by atoms with E-state index in [1.165, 1.54) is 11.3 Å². The SMILES string of the molecule is O=C(Nc1nc(-c2ccccc2)c(-c2ccccc2)s1)c1cccnc1. The second-order valence-electron chi connectivity index (χ2n) is 5.62. The van der Waals surface area contributed by atoms with Gasteiger partial charge in [-0.1, -0.05) is 72.0 Å². The Bertz CT molecular complexity index is 958. The minimum absolute atomic E-state index is 0.217. The molecule has 0 saturated carbocycles. The molecule has 2 heterocycles. The molecule has 0 aliphatic heterocycles. The number of rotatable bonds is 4. The van der Waals surface area contributed by atoms with Crippen molar-refractivity contribution in [2.75, 3.05) is 5.32 Å². The van der Waals surface area contributed by atoms with Crippen LogP contribution in [0.4, 0.5) is 5.13 Å². The molecule has 1 amide bonds. The normalized spacial score (nSPS) is 10.5. The van der Waals surface area contributed by atoms with E-state index >= 15 is 0 Å². The fraction of sp³-hybridized carbons (Fsp3) is 0. The molecule has 26 heavy (non-hydrogen) atoms. The van der Waals surface area contributed by atoms with E-state index in [-0.39, 0.29) is 5.91 Å². The van der Waals surface area contributed by atoms with Crippen LogP contribution in [0.25, 0.3) is 21.7 Å². The summed E-state index contributed by atoms with van der Waals surface area (Å²) in [5.41, 5.74) is 3.46. The Kier molecular flexibility index (Phi) is 4.53. The number of amides is 1. The van der Waals surface area contributed by atoms with Gasteiger partial charge in [-0.05, 0) is 17.7 Å². The Morgan fingerprint density at radius 3 is 2.19 bits per heavy atom. The molecule has 4 nitrogen and oxygen atoms in total. The number of carbonyl (C=O) groups excluding carboxylic acids is 1. The van der Waals surface area contributed by atoms with Crippen molar-refractivity contribution >= 4 is 22.4 Å². The highest BCUT2D eigenvalue weighted by Crippen LogP contribution is 2.38. The molecule has 0 spiro atoms. The standard InChI is InChI=1S/C21H15N3OS/c25-20(17-12-7-13-22-14-17)24-21-23-18(15-8-3-1-4-9-15)19(26-21)16-10-5-2-6-11-16/h1-14H,(H,23,24,25). The molecule has 0 radical (unpaired) electrons. The van der Waals surface area contributed by atoms with Gasteiger partial charge in [0.1, 0.15) is 0 Å². The summed E-state index contributed by atoms with van der Waals surface area (Å²) in [6.07, 6.45) is 3.18. The van der Waals surface area contributed by atoms with Crippen LogP contribution in [0.15, 0.2) is 85.2 Å². The topological polar surface area (TPSA) is 54.9 Å². The molecule has 4 aromatic rings. The third-order valence-electron chi connectivity index (χ3n) is 3.85. The van der Waals surface area contributed by atoms with Gasteiger partial charge in [0, 0.05) is 18.0 Å². The van der Waals surface area contributed by atoms with E-state index in [1.54, 1.807) is 24.5 Å². The summed E-state index contributed by atoms with van der Waals surface area (Å²) >= 11 is 1.47. The monoisotopic (exact) mass is 357 g/mol. The minimum atomic E-state index is -0.217. The van der Waals surface area contributed by atoms with E-state index in [0.717, 1.165) is 21.7 Å². The number of hydrogen-bond acceptors (Lipinski definition) is 4. The predicted octanol–water partition coefficient (Wildman–Crippen LogP) is 5.12. The zero-order valence-corrected chi connectivity index (χ0v) is 14.6. The van der Waals surface area contributed by atoms with Crippen molar-refractivity contribution < 1.29 is 4.79 Å². The number of benzene rings is 2. The molecule has 4 rings (SSSR count). The van der Waals surface area contributed by atoms with Crippen LogP contribution in [-0.2, 0) is 0 Å². The van der Waals surface area contributed by atoms with Crippen molar-refractivity contribution in [3.05, 3.63) is 90.8 Å². The first-order valence-electron chi connectivity index (χ1n) is 8.14. The molecule has 0 aliphatic rings. The first kappa shape index (κ1) is 16.2. The number of hydrogen-bond donors (Lipinski definition) is 1. The Morgan fingerprint density at radius 1 is 0.846 bits per heavy atom. The molecule has 2 aromatic heterocycles. The lowest BCUT2D eigenvalue weighted by Crippen LogP contribution is -2.11. The van der Waals surface area contributed by atoms with E-state index in [4.69, 9.17) is 0 Å². The van der Waals surface area contributed by atoms with Crippen LogP contribution in [0.3, 0.4) is 0 Å². The van der Waals surface area contributed by atoms with Gasteiger partial charge in [-0.15, -0.1) is 0 Å². The predicted molar refractivity (Wildman–Crippen MR) is 105 cm³/mol. The van der Waals surface area contributed by atoms with Crippen LogP contribution in [0.2, 0.25) is 0 Å². The van der Waals surface area contributed by atoms with Crippen LogP contribution >= 0.6 is 11.3 Å². The lowest BCUT2D eigenvalue weighted by molar-refractivity contribution is 0.102. The van der Waals surface area contributed by atoms with Crippen molar-refractivity contribution in [1.29, 1.82) is 0 Å². The van der Waals surface area contributed by atoms with Gasteiger partial charge in [0.25, 0.3) is 5.91 Å². The molecule has 5 heteroatoms. The molecule has 126 valence electrons. The average molecular weight is 357 g/mol. The molecule has 1 N–H and O–H groups in total. The summed E-state index contributed by atoms with van der Waals surface area (Å²) in [5.74, 6) is -0.217. The lowest BCUT2D eigenvalue weighted by atomic mass is 10.1. The maximum atomic E-state index is 12.4. The zero-order chi connectivity index (χ0) is 17.8. The fourth-order valence-corrected chi connectivity index (χ4v) is 3.60. The van der Waals surface area contributed by atoms with Crippen LogP contribution in [-0.4, -0.2) is 15.9 Å². The van der Waals surface area contributed by atoms with E-state index in [9.17, 15) is 4.79 Å². The molecule has 0 fully saturated rings. The van der Waals surface area contributed by atoms with Gasteiger partial charge in [-0.3, -0.25) is 15.1 Å². The average Bonchev–Trinajstić information content (AvgIpc) is 3.14. The highest BCUT2D eigenvalue weighted by Gasteiger charge is 2.16. The van der Waals surface area contributed by atoms with E-state index in [0.29, 0.717) is 10.7 Å². The van der Waals surface area contributed by atoms with Crippen LogP contribution in [0.5, 0.6) is 0 Å². The highest BCUT2D eigenvalue weighted by atomic mass is 32.1. The zero-order valence-electron chi connectivity index (χ0n) is 13.8. The Balaban J connectivity index is 1.73. The quantitative estimate of drug-likeness (QED) is 0.551. The fourth-order valence-electron chi connectivity index (χ4n) is 2.62. The van der Waals surface area contributed by atoms with Gasteiger partial charge in [0.15, 0.2) is 5.13 Å². The van der Waals surface area contributed by atoms with Crippen molar-refractivity contribution in [1.82, 2.24) is 9.97 Å². The first-order chi connectivity index (χ1) is 12.8. The highest BCUT2D eigenvalue weighted by molar-refractivity contribution is 7.19. The smallest absolute Gasteiger partial charge is 0.259 e. The minimum Gasteiger partial charge on any atom is -0.298 e. The summed E-state index contributed by atoms with van der Waals surface area (Å²) in [5, 5.41) is 3.45. The van der Waals surface area contributed by atoms with E-state index in [2.05, 4.69) is 15.3 Å². The second kappa shape index (κ2) is 7.29. The molecule has 0 saturated heterocycles. The van der Waals surface area contributed by atoms with Gasteiger partial charge < -0.3 is 0 Å². The third-order valence-corrected chi connectivity index (χ3v) is 4.87. The molecule has 0 bridgehead atoms. The van der Waals surface area contributed by atoms with E-state index in [1.807, 2.05) is 60.7 Å². The number of nitrogens with one attached hydrogen (secondary N) is 1. The van der Waals surface area contributed by atoms with Gasteiger partial charge in [-0.2, -0.15) is 0 Å². The van der Waals surface area contributed by atoms with Crippen LogP contribution in [0.1, 0.15) is 10.4 Å². The maximum absolute atomic E-state index is 12.4. The van der Waals surface area contributed by atoms with Gasteiger partial charge in [-0.25, -0.2) is 4.98 Å². The van der Waals surface area contributed by atoms with Crippen molar-refractivity contribution in [3.8, 4) is 21.7 Å². The van der Waals surface area contributed by atoms with Crippen LogP contribution < -0.4 is 5.32 Å². The lowest BCUT2D eigenvalue weighted by Gasteiger charge is -2.02. The Hall–Kier alpha value is -3.31. The number of pyridine rings is 1. The number of carbonyl (C=O) groups is 1. The van der Waals surface area contributed by atoms with E-state index < -0.39 is 0 Å². The molecule has 0 aliphatic carbocycles. The van der Waals surface area contributed by atoms with Gasteiger partial charge in [0.2, 0.25) is 0 Å². The molecular weight excluding hydrogens is 342 g/mol. The number of aromatic nitrogens is 2. The van der Waals surface area contributed by atoms with Crippen molar-refractivity contribution in [2.45, 2.75) is 0 Å². The van der Waals surface area contributed by atoms with Gasteiger partial charge in [0.05, 0.1) is 16.1 Å². The Morgan fingerprint density at radius 2 is 1.54 bits per heavy atom. The summed E-state index contributed by atoms with van der Waals surface area (Å²) in [6.45, 7) is 0. The number of thiazole rings is 1. The largest absolute Gasteiger partial charge is 0.298 e. The summed E-state index contributed by atoms with van der Waals surface area (Å²) in [7, 11) is 0. The maximum Gasteiger partial charge on any atom is 0.259 e. The molecular formula is C21H15N3OS. The van der Waals surface area contributed by atoms with Crippen LogP contribution in [0, 0.1) is 0 Å². The molecule has 0 unspecified atom stereocenters. The number of anilines is 1. The molecule has 2 aromatic carbocycles. The molecule has 0 atom stereocenters. The van der Waals surface area contributed by atoms with Crippen molar-refractivity contribution in [2.24, 2.45) is 0 Å². The first-order valence-corrected chi connectivity index (χ1v) is 8.96. The Labute approximate surface area is 155 Å². The summed E-state index contributed by atoms with van der Waals surface area (Å²) in [4.78, 5) is 22.1. The number of nitrogens with zero attached hydrogens (tertiary/aromatic N) is 2. The third kappa shape index (κ3) is 3.38.